The zero-order valence-corrected chi connectivity index (χ0v) is 8.90. The zero-order valence-electron chi connectivity index (χ0n) is 7.33. The molecule has 2 rings (SSSR count). The smallest absolute Gasteiger partial charge is 0.390 e. The molecule has 6 nitrogen and oxygen atoms in total. The first-order chi connectivity index (χ1) is 7.15. The van der Waals surface area contributed by atoms with Crippen molar-refractivity contribution >= 4 is 28.9 Å². The number of nitrogens with zero attached hydrogens (tertiary/aromatic N) is 4. The highest BCUT2D eigenvalue weighted by Gasteiger charge is 2.13. The molecule has 2 aromatic rings. The van der Waals surface area contributed by atoms with Crippen LogP contribution in [0.15, 0.2) is 18.5 Å². The van der Waals surface area contributed by atoms with Crippen molar-refractivity contribution in [3.05, 3.63) is 37.8 Å². The summed E-state index contributed by atoms with van der Waals surface area (Å²) in [5, 5.41) is 14.0. The Kier molecular flexibility index (Phi) is 2.65. The maximum Gasteiger partial charge on any atom is 0.490 e. The van der Waals surface area contributed by atoms with Gasteiger partial charge in [-0.25, -0.2) is 0 Å². The van der Waals surface area contributed by atoms with Gasteiger partial charge >= 0.3 is 5.95 Å². The third-order valence-corrected chi connectivity index (χ3v) is 2.85. The average Bonchev–Trinajstić information content (AvgIpc) is 2.76. The zero-order chi connectivity index (χ0) is 10.8. The van der Waals surface area contributed by atoms with Crippen molar-refractivity contribution in [3.63, 3.8) is 0 Å². The van der Waals surface area contributed by atoms with Gasteiger partial charge in [-0.2, -0.15) is 4.68 Å². The van der Waals surface area contributed by atoms with Crippen molar-refractivity contribution in [2.75, 3.05) is 0 Å². The number of hydrogen-bond acceptors (Lipinski definition) is 5. The van der Waals surface area contributed by atoms with E-state index in [2.05, 4.69) is 10.1 Å². The fourth-order valence-electron chi connectivity index (χ4n) is 1.04. The van der Waals surface area contributed by atoms with E-state index in [-0.39, 0.29) is 0 Å². The molecule has 0 aliphatic rings. The summed E-state index contributed by atoms with van der Waals surface area (Å²) in [5.41, 5.74) is 0. The minimum absolute atomic E-state index is 0.391. The monoisotopic (exact) mass is 244 g/mol. The molecule has 2 heterocycles. The number of rotatable bonds is 3. The van der Waals surface area contributed by atoms with Crippen LogP contribution in [0.25, 0.3) is 0 Å². The lowest BCUT2D eigenvalue weighted by Crippen LogP contribution is -1.99. The minimum atomic E-state index is -0.627. The molecular weight excluding hydrogens is 240 g/mol. The van der Waals surface area contributed by atoms with Crippen LogP contribution in [0.1, 0.15) is 4.88 Å². The third kappa shape index (κ3) is 2.31. The van der Waals surface area contributed by atoms with Crippen LogP contribution in [-0.2, 0) is 6.54 Å². The highest BCUT2D eigenvalue weighted by atomic mass is 35.5. The van der Waals surface area contributed by atoms with E-state index in [0.29, 0.717) is 10.9 Å². The van der Waals surface area contributed by atoms with Gasteiger partial charge in [0.15, 0.2) is 0 Å². The van der Waals surface area contributed by atoms with Crippen molar-refractivity contribution in [2.24, 2.45) is 0 Å². The highest BCUT2D eigenvalue weighted by molar-refractivity contribution is 7.16. The summed E-state index contributed by atoms with van der Waals surface area (Å²) in [6.07, 6.45) is 1.33. The van der Waals surface area contributed by atoms with Crippen molar-refractivity contribution in [1.82, 2.24) is 14.8 Å². The van der Waals surface area contributed by atoms with Gasteiger partial charge in [-0.1, -0.05) is 16.6 Å². The summed E-state index contributed by atoms with van der Waals surface area (Å²) >= 11 is 7.15. The largest absolute Gasteiger partial charge is 0.490 e. The van der Waals surface area contributed by atoms with E-state index in [9.17, 15) is 10.1 Å². The van der Waals surface area contributed by atoms with Crippen LogP contribution in [0, 0.1) is 10.1 Å². The van der Waals surface area contributed by atoms with E-state index in [0.717, 1.165) is 4.88 Å². The predicted molar refractivity (Wildman–Crippen MR) is 55.1 cm³/mol. The Balaban J connectivity index is 2.14. The minimum Gasteiger partial charge on any atom is -0.390 e. The van der Waals surface area contributed by atoms with Crippen LogP contribution in [0.2, 0.25) is 4.34 Å². The molecule has 0 aromatic carbocycles. The molecule has 0 saturated carbocycles. The number of nitro groups is 1. The summed E-state index contributed by atoms with van der Waals surface area (Å²) in [5.74, 6) is -0.391. The Labute approximate surface area is 93.3 Å². The van der Waals surface area contributed by atoms with Gasteiger partial charge in [0.05, 0.1) is 10.9 Å². The van der Waals surface area contributed by atoms with Crippen molar-refractivity contribution in [2.45, 2.75) is 6.54 Å². The molecule has 0 amide bonds. The SMILES string of the molecule is O=[N+]([O-])c1ncn(Cc2ccc(Cl)s2)n1. The molecule has 0 bridgehead atoms. The third-order valence-electron chi connectivity index (χ3n) is 1.63. The Morgan fingerprint density at radius 3 is 2.93 bits per heavy atom. The Morgan fingerprint density at radius 2 is 2.40 bits per heavy atom. The van der Waals surface area contributed by atoms with Crippen molar-refractivity contribution in [3.8, 4) is 0 Å². The first-order valence-electron chi connectivity index (χ1n) is 3.93. The maximum atomic E-state index is 10.3. The first-order valence-corrected chi connectivity index (χ1v) is 5.12. The fourth-order valence-corrected chi connectivity index (χ4v) is 2.12. The molecule has 0 fully saturated rings. The molecular formula is C7H5ClN4O2S. The Morgan fingerprint density at radius 1 is 1.60 bits per heavy atom. The molecule has 0 N–H and O–H groups in total. The van der Waals surface area contributed by atoms with Crippen LogP contribution in [0.5, 0.6) is 0 Å². The lowest BCUT2D eigenvalue weighted by molar-refractivity contribution is -0.394. The standard InChI is InChI=1S/C7H5ClN4O2S/c8-6-2-1-5(15-6)3-11-4-9-7(10-11)12(13)14/h1-2,4H,3H2. The van der Waals surface area contributed by atoms with Crippen LogP contribution < -0.4 is 0 Å². The number of halogens is 1. The van der Waals surface area contributed by atoms with Gasteiger partial charge in [0.2, 0.25) is 6.33 Å². The van der Waals surface area contributed by atoms with Crippen LogP contribution in [0.4, 0.5) is 5.95 Å². The second-order valence-corrected chi connectivity index (χ2v) is 4.50. The van der Waals surface area contributed by atoms with Gasteiger partial charge in [0, 0.05) is 9.98 Å². The topological polar surface area (TPSA) is 73.8 Å². The van der Waals surface area contributed by atoms with Gasteiger partial charge in [-0.05, 0) is 17.1 Å². The van der Waals surface area contributed by atoms with E-state index in [1.54, 1.807) is 6.07 Å². The van der Waals surface area contributed by atoms with E-state index in [4.69, 9.17) is 11.6 Å². The lowest BCUT2D eigenvalue weighted by atomic mass is 10.5. The lowest BCUT2D eigenvalue weighted by Gasteiger charge is -1.90. The van der Waals surface area contributed by atoms with E-state index in [1.807, 2.05) is 6.07 Å². The highest BCUT2D eigenvalue weighted by Crippen LogP contribution is 2.21. The molecule has 0 aliphatic heterocycles. The van der Waals surface area contributed by atoms with Gasteiger partial charge < -0.3 is 10.1 Å². The maximum absolute atomic E-state index is 10.3. The van der Waals surface area contributed by atoms with Gasteiger partial charge in [0.25, 0.3) is 0 Å². The summed E-state index contributed by atoms with van der Waals surface area (Å²) in [7, 11) is 0. The van der Waals surface area contributed by atoms with E-state index in [1.165, 1.54) is 22.3 Å². The quantitative estimate of drug-likeness (QED) is 0.611. The first kappa shape index (κ1) is 10.1. The number of hydrogen-bond donors (Lipinski definition) is 0. The Bertz CT molecular complexity index is 495. The molecule has 0 spiro atoms. The summed E-state index contributed by atoms with van der Waals surface area (Å²) in [6, 6.07) is 3.62. The summed E-state index contributed by atoms with van der Waals surface area (Å²) in [4.78, 5) is 14.2. The van der Waals surface area contributed by atoms with Gasteiger partial charge in [0.1, 0.15) is 0 Å². The molecule has 78 valence electrons. The van der Waals surface area contributed by atoms with Crippen LogP contribution in [-0.4, -0.2) is 19.7 Å². The van der Waals surface area contributed by atoms with Crippen molar-refractivity contribution < 1.29 is 4.92 Å². The average molecular weight is 245 g/mol. The molecule has 0 unspecified atom stereocenters. The molecule has 15 heavy (non-hydrogen) atoms. The van der Waals surface area contributed by atoms with E-state index < -0.39 is 10.9 Å². The van der Waals surface area contributed by atoms with Crippen molar-refractivity contribution in [1.29, 1.82) is 0 Å². The van der Waals surface area contributed by atoms with Crippen LogP contribution in [0.3, 0.4) is 0 Å². The molecule has 0 atom stereocenters. The fraction of sp³-hybridized carbons (Fsp3) is 0.143. The molecule has 2 aromatic heterocycles. The van der Waals surface area contributed by atoms with Gasteiger partial charge in [-0.3, -0.25) is 0 Å². The second kappa shape index (κ2) is 3.95. The summed E-state index contributed by atoms with van der Waals surface area (Å²) < 4.78 is 2.08. The summed E-state index contributed by atoms with van der Waals surface area (Å²) in [6.45, 7) is 0.443. The van der Waals surface area contributed by atoms with Crippen LogP contribution >= 0.6 is 22.9 Å². The second-order valence-electron chi connectivity index (χ2n) is 2.71. The molecule has 0 aliphatic carbocycles. The molecule has 0 saturated heterocycles. The van der Waals surface area contributed by atoms with E-state index >= 15 is 0 Å². The molecule has 8 heteroatoms. The Hall–Kier alpha value is -1.47. The number of thiophene rings is 1. The predicted octanol–water partition coefficient (Wildman–Crippen LogP) is 1.95. The number of aromatic nitrogens is 3. The van der Waals surface area contributed by atoms with Gasteiger partial charge in [-0.15, -0.1) is 11.3 Å². The molecule has 0 radical (unpaired) electrons. The normalized spacial score (nSPS) is 10.5.